The van der Waals surface area contributed by atoms with E-state index in [9.17, 15) is 9.59 Å². The highest BCUT2D eigenvalue weighted by Gasteiger charge is 2.22. The van der Waals surface area contributed by atoms with E-state index in [1.54, 1.807) is 0 Å². The molecule has 17 heavy (non-hydrogen) atoms. The van der Waals surface area contributed by atoms with Crippen molar-refractivity contribution in [1.29, 1.82) is 0 Å². The molecule has 1 fully saturated rings. The van der Waals surface area contributed by atoms with Crippen LogP contribution in [0.15, 0.2) is 0 Å². The lowest BCUT2D eigenvalue weighted by molar-refractivity contribution is -0.118. The molecule has 0 atom stereocenters. The molecule has 0 spiro atoms. The Labute approximate surface area is 103 Å². The van der Waals surface area contributed by atoms with Gasteiger partial charge in [-0.2, -0.15) is 0 Å². The van der Waals surface area contributed by atoms with E-state index in [0.717, 1.165) is 12.8 Å². The average Bonchev–Trinajstić information content (AvgIpc) is 2.67. The van der Waals surface area contributed by atoms with E-state index in [1.165, 1.54) is 17.7 Å². The molecule has 5 heteroatoms. The summed E-state index contributed by atoms with van der Waals surface area (Å²) in [6.07, 6.45) is 4.42. The maximum Gasteiger partial charge on any atom is 0.318 e. The smallest absolute Gasteiger partial charge is 0.318 e. The van der Waals surface area contributed by atoms with Gasteiger partial charge in [0.2, 0.25) is 5.91 Å². The van der Waals surface area contributed by atoms with E-state index in [1.807, 2.05) is 13.8 Å². The minimum Gasteiger partial charge on any atom is -0.368 e. The van der Waals surface area contributed by atoms with Crippen molar-refractivity contribution in [2.75, 3.05) is 13.1 Å². The number of nitrogens with zero attached hydrogens (tertiary/aromatic N) is 1. The predicted molar refractivity (Wildman–Crippen MR) is 66.4 cm³/mol. The second-order valence-corrected chi connectivity index (χ2v) is 5.17. The molecule has 0 radical (unpaired) electrons. The van der Waals surface area contributed by atoms with Crippen LogP contribution in [-0.2, 0) is 4.79 Å². The molecule has 0 aromatic rings. The van der Waals surface area contributed by atoms with E-state index in [2.05, 4.69) is 5.32 Å². The third-order valence-electron chi connectivity index (χ3n) is 2.90. The molecular formula is C12H23N3O2. The summed E-state index contributed by atoms with van der Waals surface area (Å²) < 4.78 is 0. The van der Waals surface area contributed by atoms with Gasteiger partial charge in [-0.15, -0.1) is 0 Å². The molecule has 1 aliphatic rings. The Morgan fingerprint density at radius 3 is 2.41 bits per heavy atom. The highest BCUT2D eigenvalue weighted by atomic mass is 16.2. The van der Waals surface area contributed by atoms with Crippen molar-refractivity contribution in [3.63, 3.8) is 0 Å². The Balaban J connectivity index is 2.48. The Kier molecular flexibility index (Phi) is 5.25. The lowest BCUT2D eigenvalue weighted by Gasteiger charge is -2.25. The summed E-state index contributed by atoms with van der Waals surface area (Å²) in [5.41, 5.74) is 5.15. The summed E-state index contributed by atoms with van der Waals surface area (Å²) >= 11 is 0. The number of urea groups is 1. The number of primary amides is 1. The van der Waals surface area contributed by atoms with Crippen molar-refractivity contribution in [1.82, 2.24) is 10.2 Å². The Hall–Kier alpha value is -1.26. The van der Waals surface area contributed by atoms with Gasteiger partial charge in [-0.1, -0.05) is 26.7 Å². The first-order chi connectivity index (χ1) is 7.99. The van der Waals surface area contributed by atoms with Gasteiger partial charge in [0, 0.05) is 12.6 Å². The molecule has 5 nitrogen and oxygen atoms in total. The predicted octanol–water partition coefficient (Wildman–Crippen LogP) is 1.08. The molecule has 0 heterocycles. The van der Waals surface area contributed by atoms with Crippen molar-refractivity contribution < 1.29 is 9.59 Å². The first-order valence-electron chi connectivity index (χ1n) is 6.32. The lowest BCUT2D eigenvalue weighted by atomic mass is 10.2. The minimum atomic E-state index is -0.466. The third-order valence-corrected chi connectivity index (χ3v) is 2.90. The van der Waals surface area contributed by atoms with Crippen LogP contribution in [0.4, 0.5) is 4.79 Å². The molecule has 98 valence electrons. The van der Waals surface area contributed by atoms with Gasteiger partial charge in [-0.05, 0) is 18.8 Å². The van der Waals surface area contributed by atoms with Crippen LogP contribution in [-0.4, -0.2) is 36.0 Å². The Morgan fingerprint density at radius 1 is 1.35 bits per heavy atom. The average molecular weight is 241 g/mol. The van der Waals surface area contributed by atoms with Crippen LogP contribution in [0.1, 0.15) is 39.5 Å². The number of hydrogen-bond acceptors (Lipinski definition) is 2. The molecule has 1 rings (SSSR count). The van der Waals surface area contributed by atoms with E-state index < -0.39 is 5.91 Å². The fourth-order valence-corrected chi connectivity index (χ4v) is 2.18. The fraction of sp³-hybridized carbons (Fsp3) is 0.833. The lowest BCUT2D eigenvalue weighted by Crippen LogP contribution is -2.48. The van der Waals surface area contributed by atoms with Gasteiger partial charge in [0.15, 0.2) is 0 Å². The van der Waals surface area contributed by atoms with Crippen molar-refractivity contribution in [3.05, 3.63) is 0 Å². The standard InChI is InChI=1S/C12H23N3O2/c1-9(2)7-15(8-11(13)16)12(17)14-10-5-3-4-6-10/h9-10H,3-8H2,1-2H3,(H2,13,16)(H,14,17). The third kappa shape index (κ3) is 5.06. The van der Waals surface area contributed by atoms with Crippen molar-refractivity contribution in [3.8, 4) is 0 Å². The van der Waals surface area contributed by atoms with E-state index in [-0.39, 0.29) is 18.6 Å². The minimum absolute atomic E-state index is 0.00324. The summed E-state index contributed by atoms with van der Waals surface area (Å²) in [5.74, 6) is -0.143. The topological polar surface area (TPSA) is 75.4 Å². The van der Waals surface area contributed by atoms with Gasteiger partial charge in [0.1, 0.15) is 6.54 Å². The van der Waals surface area contributed by atoms with Crippen LogP contribution in [0.5, 0.6) is 0 Å². The fourth-order valence-electron chi connectivity index (χ4n) is 2.18. The summed E-state index contributed by atoms with van der Waals surface area (Å²) in [7, 11) is 0. The van der Waals surface area contributed by atoms with Crippen molar-refractivity contribution in [2.24, 2.45) is 11.7 Å². The number of carbonyl (C=O) groups excluding carboxylic acids is 2. The van der Waals surface area contributed by atoms with Crippen molar-refractivity contribution >= 4 is 11.9 Å². The zero-order chi connectivity index (χ0) is 12.8. The highest BCUT2D eigenvalue weighted by molar-refractivity contribution is 5.83. The molecule has 0 unspecified atom stereocenters. The molecule has 3 N–H and O–H groups in total. The molecule has 3 amide bonds. The molecule has 1 saturated carbocycles. The van der Waals surface area contributed by atoms with Crippen LogP contribution < -0.4 is 11.1 Å². The second kappa shape index (κ2) is 6.47. The molecule has 0 bridgehead atoms. The summed E-state index contributed by atoms with van der Waals surface area (Å²) in [5, 5.41) is 2.97. The SMILES string of the molecule is CC(C)CN(CC(N)=O)C(=O)NC1CCCC1. The van der Waals surface area contributed by atoms with E-state index >= 15 is 0 Å². The summed E-state index contributed by atoms with van der Waals surface area (Å²) in [6.45, 7) is 4.58. The van der Waals surface area contributed by atoms with Crippen LogP contribution in [0.2, 0.25) is 0 Å². The maximum atomic E-state index is 12.0. The highest BCUT2D eigenvalue weighted by Crippen LogP contribution is 2.17. The molecule has 1 aliphatic carbocycles. The first-order valence-corrected chi connectivity index (χ1v) is 6.32. The number of hydrogen-bond donors (Lipinski definition) is 2. The van der Waals surface area contributed by atoms with Crippen molar-refractivity contribution in [2.45, 2.75) is 45.6 Å². The van der Waals surface area contributed by atoms with Crippen LogP contribution >= 0.6 is 0 Å². The first kappa shape index (κ1) is 13.8. The number of nitrogens with two attached hydrogens (primary N) is 1. The normalized spacial score (nSPS) is 16.2. The van der Waals surface area contributed by atoms with Gasteiger partial charge in [-0.3, -0.25) is 4.79 Å². The number of carbonyl (C=O) groups is 2. The van der Waals surface area contributed by atoms with Gasteiger partial charge in [0.25, 0.3) is 0 Å². The zero-order valence-corrected chi connectivity index (χ0v) is 10.7. The van der Waals surface area contributed by atoms with E-state index in [4.69, 9.17) is 5.73 Å². The molecular weight excluding hydrogens is 218 g/mol. The number of nitrogens with one attached hydrogen (secondary N) is 1. The Bertz CT molecular complexity index is 273. The summed E-state index contributed by atoms with van der Waals surface area (Å²) in [4.78, 5) is 24.4. The quantitative estimate of drug-likeness (QED) is 0.755. The van der Waals surface area contributed by atoms with Gasteiger partial charge < -0.3 is 16.0 Å². The number of rotatable bonds is 5. The largest absolute Gasteiger partial charge is 0.368 e. The van der Waals surface area contributed by atoms with Gasteiger partial charge in [-0.25, -0.2) is 4.79 Å². The number of amides is 3. The molecule has 0 aromatic heterocycles. The van der Waals surface area contributed by atoms with Crippen LogP contribution in [0.25, 0.3) is 0 Å². The zero-order valence-electron chi connectivity index (χ0n) is 10.7. The Morgan fingerprint density at radius 2 is 1.94 bits per heavy atom. The monoisotopic (exact) mass is 241 g/mol. The summed E-state index contributed by atoms with van der Waals surface area (Å²) in [6, 6.07) is 0.106. The maximum absolute atomic E-state index is 12.0. The second-order valence-electron chi connectivity index (χ2n) is 5.17. The van der Waals surface area contributed by atoms with Crippen LogP contribution in [0.3, 0.4) is 0 Å². The van der Waals surface area contributed by atoms with Gasteiger partial charge in [0.05, 0.1) is 0 Å². The van der Waals surface area contributed by atoms with E-state index in [0.29, 0.717) is 12.5 Å². The van der Waals surface area contributed by atoms with Gasteiger partial charge >= 0.3 is 6.03 Å². The molecule has 0 aliphatic heterocycles. The molecule has 0 saturated heterocycles. The van der Waals surface area contributed by atoms with Crippen LogP contribution in [0, 0.1) is 5.92 Å². The molecule has 0 aromatic carbocycles.